The van der Waals surface area contributed by atoms with Crippen molar-refractivity contribution in [2.24, 2.45) is 0 Å². The molecule has 0 radical (unpaired) electrons. The monoisotopic (exact) mass is 385 g/mol. The molecule has 144 valence electrons. The third-order valence-corrected chi connectivity index (χ3v) is 5.99. The summed E-state index contributed by atoms with van der Waals surface area (Å²) in [4.78, 5) is 41.0. The van der Waals surface area contributed by atoms with E-state index in [0.717, 1.165) is 16.8 Å². The highest BCUT2D eigenvalue weighted by Crippen LogP contribution is 2.54. The molecule has 3 aromatic rings. The minimum atomic E-state index is -0.848. The van der Waals surface area contributed by atoms with Crippen molar-refractivity contribution >= 4 is 17.5 Å². The zero-order chi connectivity index (χ0) is 20.0. The van der Waals surface area contributed by atoms with E-state index in [0.29, 0.717) is 24.2 Å². The molecule has 1 spiro atoms. The number of likely N-dealkylation sites (tertiary alicyclic amines) is 1. The van der Waals surface area contributed by atoms with Crippen LogP contribution >= 0.6 is 0 Å². The van der Waals surface area contributed by atoms with Crippen LogP contribution in [0.5, 0.6) is 0 Å². The number of hydrogen-bond donors (Lipinski definition) is 1. The number of hydrogen-bond acceptors (Lipinski definition) is 5. The van der Waals surface area contributed by atoms with E-state index in [1.54, 1.807) is 30.4 Å². The van der Waals surface area contributed by atoms with E-state index in [1.165, 1.54) is 6.33 Å². The van der Waals surface area contributed by atoms with Crippen LogP contribution in [-0.2, 0) is 10.2 Å². The molecule has 7 heteroatoms. The minimum absolute atomic E-state index is 0.0797. The van der Waals surface area contributed by atoms with Crippen LogP contribution in [-0.4, -0.2) is 38.2 Å². The number of carbonyl (C=O) groups is 2. The van der Waals surface area contributed by atoms with E-state index < -0.39 is 11.5 Å². The Morgan fingerprint density at radius 1 is 1.17 bits per heavy atom. The molecular weight excluding hydrogens is 366 g/mol. The molecule has 1 fully saturated rings. The van der Waals surface area contributed by atoms with Crippen molar-refractivity contribution in [2.75, 3.05) is 11.9 Å². The highest BCUT2D eigenvalue weighted by molar-refractivity contribution is 6.08. The van der Waals surface area contributed by atoms with Gasteiger partial charge in [-0.3, -0.25) is 14.6 Å². The van der Waals surface area contributed by atoms with Gasteiger partial charge in [-0.15, -0.1) is 0 Å². The molecule has 1 aromatic carbocycles. The first-order valence-corrected chi connectivity index (χ1v) is 9.51. The second-order valence-corrected chi connectivity index (χ2v) is 7.43. The number of para-hydroxylation sites is 1. The topological polar surface area (TPSA) is 88.1 Å². The molecule has 7 nitrogen and oxygen atoms in total. The molecule has 5 rings (SSSR count). The van der Waals surface area contributed by atoms with Crippen molar-refractivity contribution in [2.45, 2.75) is 24.8 Å². The maximum Gasteiger partial charge on any atom is 0.257 e. The number of nitrogens with one attached hydrogen (secondary N) is 1. The number of aromatic nitrogens is 3. The average molecular weight is 385 g/mol. The summed E-state index contributed by atoms with van der Waals surface area (Å²) in [6, 6.07) is 11.0. The Balaban J connectivity index is 1.68. The van der Waals surface area contributed by atoms with E-state index in [2.05, 4.69) is 20.3 Å². The van der Waals surface area contributed by atoms with Crippen LogP contribution in [0.3, 0.4) is 0 Å². The van der Waals surface area contributed by atoms with Crippen LogP contribution in [0.4, 0.5) is 5.69 Å². The lowest BCUT2D eigenvalue weighted by Gasteiger charge is -2.34. The number of amides is 2. The fourth-order valence-corrected chi connectivity index (χ4v) is 4.66. The van der Waals surface area contributed by atoms with Gasteiger partial charge in [0.15, 0.2) is 0 Å². The number of anilines is 1. The van der Waals surface area contributed by atoms with Gasteiger partial charge in [0.05, 0.1) is 17.3 Å². The van der Waals surface area contributed by atoms with Crippen LogP contribution in [0.25, 0.3) is 0 Å². The molecule has 1 saturated heterocycles. The molecule has 2 atom stereocenters. The van der Waals surface area contributed by atoms with Gasteiger partial charge in [-0.05, 0) is 36.6 Å². The molecule has 4 heterocycles. The van der Waals surface area contributed by atoms with E-state index in [1.807, 2.05) is 36.4 Å². The molecule has 0 aliphatic carbocycles. The highest BCUT2D eigenvalue weighted by atomic mass is 16.2. The minimum Gasteiger partial charge on any atom is -0.330 e. The summed E-state index contributed by atoms with van der Waals surface area (Å²) >= 11 is 0. The summed E-state index contributed by atoms with van der Waals surface area (Å²) in [5.74, 6) is -0.255. The second-order valence-electron chi connectivity index (χ2n) is 7.43. The van der Waals surface area contributed by atoms with Gasteiger partial charge < -0.3 is 10.2 Å². The molecular formula is C22H19N5O2. The number of nitrogens with zero attached hydrogens (tertiary/aromatic N) is 4. The van der Waals surface area contributed by atoms with Gasteiger partial charge in [0.25, 0.3) is 5.91 Å². The van der Waals surface area contributed by atoms with Crippen molar-refractivity contribution < 1.29 is 9.59 Å². The van der Waals surface area contributed by atoms with Crippen LogP contribution in [0, 0.1) is 6.92 Å². The summed E-state index contributed by atoms with van der Waals surface area (Å²) in [5, 5.41) is 3.02. The summed E-state index contributed by atoms with van der Waals surface area (Å²) in [5.41, 5.74) is 2.78. The van der Waals surface area contributed by atoms with Crippen molar-refractivity contribution in [3.05, 3.63) is 83.7 Å². The lowest BCUT2D eigenvalue weighted by Crippen LogP contribution is -2.42. The zero-order valence-corrected chi connectivity index (χ0v) is 15.9. The van der Waals surface area contributed by atoms with E-state index in [4.69, 9.17) is 0 Å². The van der Waals surface area contributed by atoms with E-state index >= 15 is 0 Å². The Labute approximate surface area is 167 Å². The predicted molar refractivity (Wildman–Crippen MR) is 106 cm³/mol. The third-order valence-electron chi connectivity index (χ3n) is 5.99. The number of pyridine rings is 1. The Morgan fingerprint density at radius 3 is 2.83 bits per heavy atom. The molecule has 0 saturated carbocycles. The Bertz CT molecular complexity index is 1120. The largest absolute Gasteiger partial charge is 0.330 e. The summed E-state index contributed by atoms with van der Waals surface area (Å²) in [7, 11) is 0. The molecule has 29 heavy (non-hydrogen) atoms. The van der Waals surface area contributed by atoms with Gasteiger partial charge in [0.1, 0.15) is 11.7 Å². The van der Waals surface area contributed by atoms with Gasteiger partial charge in [0.2, 0.25) is 5.91 Å². The molecule has 2 aliphatic rings. The Hall–Kier alpha value is -3.61. The summed E-state index contributed by atoms with van der Waals surface area (Å²) in [6.07, 6.45) is 6.93. The zero-order valence-electron chi connectivity index (χ0n) is 15.9. The SMILES string of the molecule is Cc1ncncc1C(=O)N1CCC2(C(=O)Nc3ccccc32)C1c1cccnc1. The summed E-state index contributed by atoms with van der Waals surface area (Å²) < 4.78 is 0. The van der Waals surface area contributed by atoms with Crippen molar-refractivity contribution in [3.8, 4) is 0 Å². The molecule has 2 unspecified atom stereocenters. The standard InChI is InChI=1S/C22H19N5O2/c1-14-16(12-24-13-25-14)20(28)27-10-8-22(19(27)15-5-4-9-23-11-15)17-6-2-3-7-18(17)26-21(22)29/h2-7,9,11-13,19H,8,10H2,1H3,(H,26,29). The maximum absolute atomic E-state index is 13.5. The fraction of sp³-hybridized carbons (Fsp3) is 0.227. The van der Waals surface area contributed by atoms with Gasteiger partial charge >= 0.3 is 0 Å². The van der Waals surface area contributed by atoms with Crippen molar-refractivity contribution in [1.29, 1.82) is 0 Å². The molecule has 2 amide bonds. The van der Waals surface area contributed by atoms with Gasteiger partial charge in [-0.25, -0.2) is 9.97 Å². The number of carbonyl (C=O) groups excluding carboxylic acids is 2. The first-order valence-electron chi connectivity index (χ1n) is 9.51. The third kappa shape index (κ3) is 2.47. The van der Waals surface area contributed by atoms with Crippen LogP contribution in [0.1, 0.15) is 39.6 Å². The van der Waals surface area contributed by atoms with Crippen LogP contribution in [0.2, 0.25) is 0 Å². The van der Waals surface area contributed by atoms with Crippen molar-refractivity contribution in [1.82, 2.24) is 19.9 Å². The molecule has 0 bridgehead atoms. The predicted octanol–water partition coefficient (Wildman–Crippen LogP) is 2.66. The fourth-order valence-electron chi connectivity index (χ4n) is 4.66. The molecule has 2 aliphatic heterocycles. The number of aryl methyl sites for hydroxylation is 1. The van der Waals surface area contributed by atoms with Crippen molar-refractivity contribution in [3.63, 3.8) is 0 Å². The number of fused-ring (bicyclic) bond motifs is 2. The van der Waals surface area contributed by atoms with Gasteiger partial charge in [-0.2, -0.15) is 0 Å². The van der Waals surface area contributed by atoms with Gasteiger partial charge in [0, 0.05) is 30.8 Å². The van der Waals surface area contributed by atoms with Gasteiger partial charge in [-0.1, -0.05) is 24.3 Å². The lowest BCUT2D eigenvalue weighted by atomic mass is 9.73. The smallest absolute Gasteiger partial charge is 0.257 e. The first kappa shape index (κ1) is 17.5. The highest BCUT2D eigenvalue weighted by Gasteiger charge is 2.59. The average Bonchev–Trinajstić information content (AvgIpc) is 3.28. The Morgan fingerprint density at radius 2 is 2.03 bits per heavy atom. The maximum atomic E-state index is 13.5. The van der Waals surface area contributed by atoms with E-state index in [9.17, 15) is 9.59 Å². The molecule has 2 aromatic heterocycles. The quantitative estimate of drug-likeness (QED) is 0.733. The normalized spacial score (nSPS) is 22.6. The lowest BCUT2D eigenvalue weighted by molar-refractivity contribution is -0.121. The number of benzene rings is 1. The Kier molecular flexibility index (Phi) is 3.91. The second kappa shape index (κ2) is 6.48. The molecule has 1 N–H and O–H groups in total. The summed E-state index contributed by atoms with van der Waals surface area (Å²) in [6.45, 7) is 2.24. The van der Waals surface area contributed by atoms with E-state index in [-0.39, 0.29) is 11.8 Å². The van der Waals surface area contributed by atoms with Crippen LogP contribution in [0.15, 0.2) is 61.3 Å². The van der Waals surface area contributed by atoms with Crippen LogP contribution < -0.4 is 5.32 Å². The first-order chi connectivity index (χ1) is 14.1. The number of rotatable bonds is 2.